The normalized spacial score (nSPS) is 10.5. The topological polar surface area (TPSA) is 90.2 Å². The van der Waals surface area contributed by atoms with E-state index in [0.717, 1.165) is 10.1 Å². The number of aromatic nitrogens is 2. The number of nitrogens with zero attached hydrogens (tertiary/aromatic N) is 2. The number of hydrogen-bond donors (Lipinski definition) is 1. The van der Waals surface area contributed by atoms with E-state index in [1.807, 2.05) is 30.3 Å². The fourth-order valence-corrected chi connectivity index (χ4v) is 2.76. The lowest BCUT2D eigenvalue weighted by Crippen LogP contribution is -2.41. The molecule has 142 valence electrons. The molecule has 1 N–H and O–H groups in total. The summed E-state index contributed by atoms with van der Waals surface area (Å²) in [7, 11) is 0. The number of Topliss-reactive ketones (excluding diaryl/α,β-unsaturated/α-hetero) is 1. The number of benzene rings is 2. The Morgan fingerprint density at radius 3 is 2.43 bits per heavy atom. The van der Waals surface area contributed by atoms with Gasteiger partial charge in [0, 0.05) is 23.5 Å². The van der Waals surface area contributed by atoms with E-state index < -0.39 is 23.7 Å². The molecule has 0 saturated carbocycles. The zero-order valence-electron chi connectivity index (χ0n) is 15.3. The van der Waals surface area contributed by atoms with Crippen LogP contribution in [0.2, 0.25) is 0 Å². The van der Waals surface area contributed by atoms with Gasteiger partial charge in [0.1, 0.15) is 6.54 Å². The van der Waals surface area contributed by atoms with Crippen molar-refractivity contribution in [3.8, 4) is 0 Å². The zero-order valence-corrected chi connectivity index (χ0v) is 15.3. The molecule has 0 aliphatic rings. The fourth-order valence-electron chi connectivity index (χ4n) is 2.76. The predicted octanol–water partition coefficient (Wildman–Crippen LogP) is 1.90. The van der Waals surface area contributed by atoms with E-state index >= 15 is 0 Å². The molecule has 0 aliphatic carbocycles. The maximum Gasteiger partial charge on any atom is 0.331 e. The van der Waals surface area contributed by atoms with Crippen LogP contribution in [0.15, 0.2) is 76.4 Å². The summed E-state index contributed by atoms with van der Waals surface area (Å²) in [6.45, 7) is 1.31. The van der Waals surface area contributed by atoms with E-state index in [1.54, 1.807) is 24.3 Å². The van der Waals surface area contributed by atoms with Gasteiger partial charge in [-0.3, -0.25) is 23.5 Å². The molecule has 0 spiro atoms. The van der Waals surface area contributed by atoms with E-state index in [0.29, 0.717) is 17.8 Å². The first-order chi connectivity index (χ1) is 13.4. The van der Waals surface area contributed by atoms with Gasteiger partial charge < -0.3 is 5.32 Å². The Hall–Kier alpha value is -3.74. The molecule has 0 bridgehead atoms. The van der Waals surface area contributed by atoms with Crippen LogP contribution < -0.4 is 16.6 Å². The first-order valence-corrected chi connectivity index (χ1v) is 8.69. The second kappa shape index (κ2) is 8.30. The van der Waals surface area contributed by atoms with E-state index in [9.17, 15) is 19.2 Å². The highest BCUT2D eigenvalue weighted by molar-refractivity contribution is 5.97. The van der Waals surface area contributed by atoms with Crippen LogP contribution in [-0.4, -0.2) is 20.8 Å². The molecule has 0 fully saturated rings. The molecule has 0 aliphatic heterocycles. The van der Waals surface area contributed by atoms with Gasteiger partial charge in [0.25, 0.3) is 5.56 Å². The molecule has 3 rings (SSSR count). The maximum atomic E-state index is 12.6. The van der Waals surface area contributed by atoms with Gasteiger partial charge in [0.15, 0.2) is 5.78 Å². The minimum absolute atomic E-state index is 0.126. The highest BCUT2D eigenvalue weighted by Gasteiger charge is 2.11. The van der Waals surface area contributed by atoms with Gasteiger partial charge in [-0.2, -0.15) is 0 Å². The van der Waals surface area contributed by atoms with Gasteiger partial charge in [-0.05, 0) is 24.6 Å². The summed E-state index contributed by atoms with van der Waals surface area (Å²) in [6.07, 6.45) is 1.42. The van der Waals surface area contributed by atoms with Crippen molar-refractivity contribution in [2.75, 3.05) is 5.32 Å². The van der Waals surface area contributed by atoms with Gasteiger partial charge in [-0.15, -0.1) is 0 Å². The largest absolute Gasteiger partial charge is 0.331 e. The summed E-state index contributed by atoms with van der Waals surface area (Å²) in [5, 5.41) is 2.61. The first-order valence-electron chi connectivity index (χ1n) is 8.69. The number of carbonyl (C=O) groups is 2. The molecule has 1 amide bonds. The second-order valence-corrected chi connectivity index (χ2v) is 6.32. The maximum absolute atomic E-state index is 12.6. The molecule has 28 heavy (non-hydrogen) atoms. The number of rotatable bonds is 6. The summed E-state index contributed by atoms with van der Waals surface area (Å²) in [4.78, 5) is 48.5. The Bertz CT molecular complexity index is 1130. The van der Waals surface area contributed by atoms with Crippen molar-refractivity contribution in [2.45, 2.75) is 20.0 Å². The molecule has 7 nitrogen and oxygen atoms in total. The van der Waals surface area contributed by atoms with Crippen LogP contribution in [0.4, 0.5) is 5.69 Å². The second-order valence-electron chi connectivity index (χ2n) is 6.32. The van der Waals surface area contributed by atoms with Gasteiger partial charge in [0.05, 0.1) is 6.54 Å². The van der Waals surface area contributed by atoms with Crippen molar-refractivity contribution in [2.24, 2.45) is 0 Å². The summed E-state index contributed by atoms with van der Waals surface area (Å²) in [6, 6.07) is 17.1. The minimum Gasteiger partial charge on any atom is -0.325 e. The summed E-state index contributed by atoms with van der Waals surface area (Å²) >= 11 is 0. The monoisotopic (exact) mass is 377 g/mol. The standard InChI is InChI=1S/C21H19N3O4/c1-15(25)17-8-5-9-18(12-17)22-19(26)14-24-20(27)10-11-23(21(24)28)13-16-6-3-2-4-7-16/h2-12H,13-14H2,1H3,(H,22,26). The molecule has 0 radical (unpaired) electrons. The third-order valence-electron chi connectivity index (χ3n) is 4.19. The molecular formula is C21H19N3O4. The van der Waals surface area contributed by atoms with Gasteiger partial charge in [-0.25, -0.2) is 4.79 Å². The zero-order chi connectivity index (χ0) is 20.1. The molecule has 1 heterocycles. The van der Waals surface area contributed by atoms with Crippen LogP contribution in [0.1, 0.15) is 22.8 Å². The minimum atomic E-state index is -0.566. The van der Waals surface area contributed by atoms with Crippen LogP contribution in [0.5, 0.6) is 0 Å². The van der Waals surface area contributed by atoms with Crippen molar-refractivity contribution in [3.05, 3.63) is 98.8 Å². The number of amides is 1. The Balaban J connectivity index is 1.80. The average Bonchev–Trinajstić information content (AvgIpc) is 2.68. The SMILES string of the molecule is CC(=O)c1cccc(NC(=O)Cn2c(=O)ccn(Cc3ccccc3)c2=O)c1. The molecule has 3 aromatic rings. The Kier molecular flexibility index (Phi) is 5.64. The molecule has 7 heteroatoms. The average molecular weight is 377 g/mol. The summed E-state index contributed by atoms with van der Waals surface area (Å²) < 4.78 is 2.26. The van der Waals surface area contributed by atoms with E-state index in [-0.39, 0.29) is 5.78 Å². The molecule has 0 unspecified atom stereocenters. The summed E-state index contributed by atoms with van der Waals surface area (Å²) in [5.41, 5.74) is 0.664. The van der Waals surface area contributed by atoms with Crippen molar-refractivity contribution in [1.82, 2.24) is 9.13 Å². The van der Waals surface area contributed by atoms with Gasteiger partial charge in [-0.1, -0.05) is 42.5 Å². The van der Waals surface area contributed by atoms with Crippen molar-refractivity contribution in [3.63, 3.8) is 0 Å². The Morgan fingerprint density at radius 1 is 0.964 bits per heavy atom. The molecule has 0 saturated heterocycles. The number of carbonyl (C=O) groups excluding carboxylic acids is 2. The fraction of sp³-hybridized carbons (Fsp3) is 0.143. The van der Waals surface area contributed by atoms with Crippen molar-refractivity contribution >= 4 is 17.4 Å². The number of hydrogen-bond acceptors (Lipinski definition) is 4. The highest BCUT2D eigenvalue weighted by Crippen LogP contribution is 2.11. The number of nitrogens with one attached hydrogen (secondary N) is 1. The predicted molar refractivity (Wildman–Crippen MR) is 106 cm³/mol. The van der Waals surface area contributed by atoms with Crippen LogP contribution >= 0.6 is 0 Å². The van der Waals surface area contributed by atoms with Crippen LogP contribution in [0.25, 0.3) is 0 Å². The van der Waals surface area contributed by atoms with Gasteiger partial charge in [0.2, 0.25) is 5.91 Å². The molecule has 1 aromatic heterocycles. The number of ketones is 1. The third kappa shape index (κ3) is 4.50. The van der Waals surface area contributed by atoms with Gasteiger partial charge >= 0.3 is 5.69 Å². The first kappa shape index (κ1) is 19.0. The molecule has 0 atom stereocenters. The third-order valence-corrected chi connectivity index (χ3v) is 4.19. The molecular weight excluding hydrogens is 358 g/mol. The van der Waals surface area contributed by atoms with Crippen LogP contribution in [0, 0.1) is 0 Å². The van der Waals surface area contributed by atoms with Crippen LogP contribution in [0.3, 0.4) is 0 Å². The van der Waals surface area contributed by atoms with E-state index in [1.165, 1.54) is 23.8 Å². The van der Waals surface area contributed by atoms with Crippen molar-refractivity contribution < 1.29 is 9.59 Å². The molecule has 2 aromatic carbocycles. The smallest absolute Gasteiger partial charge is 0.325 e. The number of anilines is 1. The Morgan fingerprint density at radius 2 is 1.71 bits per heavy atom. The highest BCUT2D eigenvalue weighted by atomic mass is 16.2. The Labute approximate surface area is 160 Å². The van der Waals surface area contributed by atoms with Crippen molar-refractivity contribution in [1.29, 1.82) is 0 Å². The van der Waals surface area contributed by atoms with E-state index in [4.69, 9.17) is 0 Å². The van der Waals surface area contributed by atoms with E-state index in [2.05, 4.69) is 5.32 Å². The lowest BCUT2D eigenvalue weighted by molar-refractivity contribution is -0.116. The van der Waals surface area contributed by atoms with Crippen LogP contribution in [-0.2, 0) is 17.9 Å². The quantitative estimate of drug-likeness (QED) is 0.665. The summed E-state index contributed by atoms with van der Waals surface area (Å²) in [5.74, 6) is -0.656. The lowest BCUT2D eigenvalue weighted by atomic mass is 10.1. The lowest BCUT2D eigenvalue weighted by Gasteiger charge is -2.11.